The average molecular weight is 255 g/mol. The number of rotatable bonds is 3. The molecule has 0 aromatic carbocycles. The Bertz CT molecular complexity index is 460. The molecule has 0 spiro atoms. The van der Waals surface area contributed by atoms with E-state index in [2.05, 4.69) is 9.97 Å². The molecule has 0 atom stereocenters. The largest absolute Gasteiger partial charge is 0.390 e. The van der Waals surface area contributed by atoms with Crippen LogP contribution in [0.15, 0.2) is 18.3 Å². The number of nitrogens with zero attached hydrogens (tertiary/aromatic N) is 2. The van der Waals surface area contributed by atoms with Gasteiger partial charge in [-0.25, -0.2) is 4.98 Å². The van der Waals surface area contributed by atoms with Gasteiger partial charge in [0.2, 0.25) is 0 Å². The van der Waals surface area contributed by atoms with Crippen LogP contribution >= 0.6 is 22.9 Å². The van der Waals surface area contributed by atoms with Gasteiger partial charge >= 0.3 is 0 Å². The summed E-state index contributed by atoms with van der Waals surface area (Å²) in [5, 5.41) is 10.6. The molecule has 0 bridgehead atoms. The Hall–Kier alpha value is -0.970. The van der Waals surface area contributed by atoms with Gasteiger partial charge in [-0.15, -0.1) is 11.3 Å². The van der Waals surface area contributed by atoms with Crippen molar-refractivity contribution >= 4 is 22.9 Å². The van der Waals surface area contributed by atoms with Gasteiger partial charge < -0.3 is 5.11 Å². The summed E-state index contributed by atoms with van der Waals surface area (Å²) >= 11 is 7.34. The summed E-state index contributed by atoms with van der Waals surface area (Å²) in [6, 6.07) is 3.62. The SMILES string of the molecule is CCc1sc(-c2ccc(Cl)cn2)nc1CO. The van der Waals surface area contributed by atoms with Crippen LogP contribution in [0.1, 0.15) is 17.5 Å². The van der Waals surface area contributed by atoms with Gasteiger partial charge in [0.15, 0.2) is 0 Å². The highest BCUT2D eigenvalue weighted by Crippen LogP contribution is 2.27. The van der Waals surface area contributed by atoms with Crippen molar-refractivity contribution in [3.63, 3.8) is 0 Å². The van der Waals surface area contributed by atoms with E-state index >= 15 is 0 Å². The number of hydrogen-bond donors (Lipinski definition) is 1. The van der Waals surface area contributed by atoms with Crippen LogP contribution in [-0.2, 0) is 13.0 Å². The molecule has 2 heterocycles. The Labute approximate surface area is 103 Å². The van der Waals surface area contributed by atoms with Gasteiger partial charge in [-0.05, 0) is 18.6 Å². The molecular weight excluding hydrogens is 244 g/mol. The Kier molecular flexibility index (Phi) is 3.53. The summed E-state index contributed by atoms with van der Waals surface area (Å²) in [6.07, 6.45) is 2.48. The first kappa shape index (κ1) is 11.5. The zero-order valence-corrected chi connectivity index (χ0v) is 10.3. The zero-order chi connectivity index (χ0) is 11.5. The number of pyridine rings is 1. The van der Waals surface area contributed by atoms with Crippen LogP contribution in [0, 0.1) is 0 Å². The van der Waals surface area contributed by atoms with Crippen molar-refractivity contribution in [3.8, 4) is 10.7 Å². The molecule has 0 radical (unpaired) electrons. The summed E-state index contributed by atoms with van der Waals surface area (Å²) in [6.45, 7) is 2.03. The molecule has 2 aromatic heterocycles. The number of halogens is 1. The van der Waals surface area contributed by atoms with Gasteiger partial charge in [-0.1, -0.05) is 18.5 Å². The van der Waals surface area contributed by atoms with E-state index in [1.807, 2.05) is 13.0 Å². The number of thiazole rings is 1. The van der Waals surface area contributed by atoms with Crippen LogP contribution in [0.3, 0.4) is 0 Å². The lowest BCUT2D eigenvalue weighted by Gasteiger charge is -1.94. The normalized spacial score (nSPS) is 10.7. The summed E-state index contributed by atoms with van der Waals surface area (Å²) in [5.41, 5.74) is 1.54. The molecular formula is C11H11ClN2OS. The molecule has 0 unspecified atom stereocenters. The van der Waals surface area contributed by atoms with Gasteiger partial charge in [0.25, 0.3) is 0 Å². The van der Waals surface area contributed by atoms with Crippen LogP contribution in [0.25, 0.3) is 10.7 Å². The summed E-state index contributed by atoms with van der Waals surface area (Å²) in [5.74, 6) is 0. The smallest absolute Gasteiger partial charge is 0.142 e. The molecule has 0 saturated heterocycles. The second kappa shape index (κ2) is 4.91. The van der Waals surface area contributed by atoms with Crippen molar-refractivity contribution in [1.82, 2.24) is 9.97 Å². The monoisotopic (exact) mass is 254 g/mol. The molecule has 0 fully saturated rings. The maximum absolute atomic E-state index is 9.16. The summed E-state index contributed by atoms with van der Waals surface area (Å²) in [7, 11) is 0. The number of hydrogen-bond acceptors (Lipinski definition) is 4. The number of aryl methyl sites for hydroxylation is 1. The predicted octanol–water partition coefficient (Wildman–Crippen LogP) is 2.91. The van der Waals surface area contributed by atoms with Crippen molar-refractivity contribution in [1.29, 1.82) is 0 Å². The summed E-state index contributed by atoms with van der Waals surface area (Å²) in [4.78, 5) is 9.67. The molecule has 3 nitrogen and oxygen atoms in total. The fraction of sp³-hybridized carbons (Fsp3) is 0.273. The fourth-order valence-corrected chi connectivity index (χ4v) is 2.49. The minimum Gasteiger partial charge on any atom is -0.390 e. The molecule has 2 aromatic rings. The minimum atomic E-state index is -0.0206. The molecule has 0 aliphatic carbocycles. The molecule has 16 heavy (non-hydrogen) atoms. The molecule has 5 heteroatoms. The predicted molar refractivity (Wildman–Crippen MR) is 65.7 cm³/mol. The lowest BCUT2D eigenvalue weighted by Crippen LogP contribution is -1.88. The van der Waals surface area contributed by atoms with Crippen LogP contribution in [0.5, 0.6) is 0 Å². The number of aliphatic hydroxyl groups excluding tert-OH is 1. The first-order chi connectivity index (χ1) is 7.74. The van der Waals surface area contributed by atoms with Gasteiger partial charge in [-0.2, -0.15) is 0 Å². The van der Waals surface area contributed by atoms with E-state index in [4.69, 9.17) is 16.7 Å². The minimum absolute atomic E-state index is 0.0206. The average Bonchev–Trinajstić information content (AvgIpc) is 2.73. The number of aliphatic hydroxyl groups is 1. The van der Waals surface area contributed by atoms with Gasteiger partial charge in [0.05, 0.1) is 23.0 Å². The van der Waals surface area contributed by atoms with Crippen LogP contribution in [0.4, 0.5) is 0 Å². The maximum Gasteiger partial charge on any atom is 0.142 e. The second-order valence-electron chi connectivity index (χ2n) is 3.26. The van der Waals surface area contributed by atoms with E-state index in [0.29, 0.717) is 5.02 Å². The topological polar surface area (TPSA) is 46.0 Å². The Morgan fingerprint density at radius 1 is 1.44 bits per heavy atom. The standard InChI is InChI=1S/C11H11ClN2OS/c1-2-10-9(6-15)14-11(16-10)8-4-3-7(12)5-13-8/h3-5,15H,2,6H2,1H3. The van der Waals surface area contributed by atoms with E-state index in [1.165, 1.54) is 0 Å². The third kappa shape index (κ3) is 2.24. The third-order valence-corrected chi connectivity index (χ3v) is 3.68. The number of aromatic nitrogens is 2. The quantitative estimate of drug-likeness (QED) is 0.916. The van der Waals surface area contributed by atoms with Crippen LogP contribution in [-0.4, -0.2) is 15.1 Å². The van der Waals surface area contributed by atoms with Crippen LogP contribution < -0.4 is 0 Å². The Morgan fingerprint density at radius 3 is 2.75 bits per heavy atom. The van der Waals surface area contributed by atoms with Gasteiger partial charge in [-0.3, -0.25) is 4.98 Å². The first-order valence-electron chi connectivity index (χ1n) is 4.96. The second-order valence-corrected chi connectivity index (χ2v) is 4.78. The van der Waals surface area contributed by atoms with E-state index in [9.17, 15) is 0 Å². The highest BCUT2D eigenvalue weighted by atomic mass is 35.5. The van der Waals surface area contributed by atoms with E-state index in [1.54, 1.807) is 23.6 Å². The van der Waals surface area contributed by atoms with Crippen molar-refractivity contribution in [2.75, 3.05) is 0 Å². The van der Waals surface area contributed by atoms with Gasteiger partial charge in [0, 0.05) is 11.1 Å². The summed E-state index contributed by atoms with van der Waals surface area (Å²) < 4.78 is 0. The van der Waals surface area contributed by atoms with Crippen molar-refractivity contribution in [2.45, 2.75) is 20.0 Å². The molecule has 0 aliphatic rings. The third-order valence-electron chi connectivity index (χ3n) is 2.20. The van der Waals surface area contributed by atoms with Crippen molar-refractivity contribution in [3.05, 3.63) is 33.9 Å². The van der Waals surface area contributed by atoms with Crippen molar-refractivity contribution < 1.29 is 5.11 Å². The van der Waals surface area contributed by atoms with E-state index in [0.717, 1.165) is 27.7 Å². The lowest BCUT2D eigenvalue weighted by molar-refractivity contribution is 0.276. The zero-order valence-electron chi connectivity index (χ0n) is 8.77. The first-order valence-corrected chi connectivity index (χ1v) is 6.15. The lowest BCUT2D eigenvalue weighted by atomic mass is 10.3. The van der Waals surface area contributed by atoms with E-state index in [-0.39, 0.29) is 6.61 Å². The van der Waals surface area contributed by atoms with Crippen molar-refractivity contribution in [2.24, 2.45) is 0 Å². The Balaban J connectivity index is 2.40. The Morgan fingerprint density at radius 2 is 2.25 bits per heavy atom. The fourth-order valence-electron chi connectivity index (χ4n) is 1.39. The molecule has 0 saturated carbocycles. The molecule has 0 aliphatic heterocycles. The highest BCUT2D eigenvalue weighted by molar-refractivity contribution is 7.15. The molecule has 2 rings (SSSR count). The molecule has 1 N–H and O–H groups in total. The van der Waals surface area contributed by atoms with Gasteiger partial charge in [0.1, 0.15) is 5.01 Å². The van der Waals surface area contributed by atoms with E-state index < -0.39 is 0 Å². The molecule has 84 valence electrons. The highest BCUT2D eigenvalue weighted by Gasteiger charge is 2.11. The maximum atomic E-state index is 9.16. The molecule has 0 amide bonds. The van der Waals surface area contributed by atoms with Crippen LogP contribution in [0.2, 0.25) is 5.02 Å².